The molecule has 4 N–H and O–H groups in total. The molecule has 5 heteroatoms. The zero-order valence-electron chi connectivity index (χ0n) is 5.20. The molecule has 5 nitrogen and oxygen atoms in total. The summed E-state index contributed by atoms with van der Waals surface area (Å²) < 4.78 is 0. The van der Waals surface area contributed by atoms with Crippen molar-refractivity contribution in [3.05, 3.63) is 0 Å². The highest BCUT2D eigenvalue weighted by atomic mass is 16.4. The second kappa shape index (κ2) is 2.26. The summed E-state index contributed by atoms with van der Waals surface area (Å²) in [4.78, 5) is 20.9. The molecule has 1 aliphatic heterocycles. The Morgan fingerprint density at radius 2 is 2.40 bits per heavy atom. The van der Waals surface area contributed by atoms with Gasteiger partial charge in [0.25, 0.3) is 0 Å². The first-order valence-electron chi connectivity index (χ1n) is 2.89. The van der Waals surface area contributed by atoms with E-state index in [4.69, 9.17) is 10.8 Å². The standard InChI is InChI=1S/C5H8N2O3/c6-3-2(5(9)10)1-7-4(3)8/h2-3H,1,6H2,(H,7,8)(H,9,10)/t2-,3+/m1/s1. The van der Waals surface area contributed by atoms with Gasteiger partial charge in [0.1, 0.15) is 0 Å². The van der Waals surface area contributed by atoms with E-state index in [-0.39, 0.29) is 12.5 Å². The van der Waals surface area contributed by atoms with E-state index in [9.17, 15) is 9.59 Å². The summed E-state index contributed by atoms with van der Waals surface area (Å²) in [7, 11) is 0. The smallest absolute Gasteiger partial charge is 0.310 e. The van der Waals surface area contributed by atoms with Gasteiger partial charge in [-0.2, -0.15) is 0 Å². The van der Waals surface area contributed by atoms with Gasteiger partial charge in [0, 0.05) is 6.54 Å². The SMILES string of the molecule is N[C@@H]1C(=O)NC[C@H]1C(=O)O. The van der Waals surface area contributed by atoms with Gasteiger partial charge in [0.2, 0.25) is 5.91 Å². The lowest BCUT2D eigenvalue weighted by atomic mass is 10.1. The number of nitrogens with one attached hydrogen (secondary N) is 1. The molecule has 1 aliphatic rings. The van der Waals surface area contributed by atoms with Gasteiger partial charge >= 0.3 is 5.97 Å². The predicted octanol–water partition coefficient (Wildman–Crippen LogP) is -1.86. The minimum Gasteiger partial charge on any atom is -0.481 e. The minimum absolute atomic E-state index is 0.148. The normalized spacial score (nSPS) is 31.9. The van der Waals surface area contributed by atoms with Gasteiger partial charge in [-0.25, -0.2) is 0 Å². The highest BCUT2D eigenvalue weighted by Gasteiger charge is 2.36. The van der Waals surface area contributed by atoms with E-state index in [2.05, 4.69) is 5.32 Å². The fourth-order valence-electron chi connectivity index (χ4n) is 0.879. The Morgan fingerprint density at radius 3 is 2.60 bits per heavy atom. The van der Waals surface area contributed by atoms with Crippen LogP contribution in [0, 0.1) is 5.92 Å². The number of hydrogen-bond donors (Lipinski definition) is 3. The van der Waals surface area contributed by atoms with Crippen molar-refractivity contribution in [3.8, 4) is 0 Å². The van der Waals surface area contributed by atoms with Crippen molar-refractivity contribution in [2.45, 2.75) is 6.04 Å². The van der Waals surface area contributed by atoms with Gasteiger partial charge in [-0.05, 0) is 0 Å². The second-order valence-corrected chi connectivity index (χ2v) is 2.22. The number of carbonyl (C=O) groups excluding carboxylic acids is 1. The molecule has 1 heterocycles. The Kier molecular flexibility index (Phi) is 1.58. The third-order valence-electron chi connectivity index (χ3n) is 1.55. The summed E-state index contributed by atoms with van der Waals surface area (Å²) >= 11 is 0. The molecule has 0 aromatic heterocycles. The number of hydrogen-bond acceptors (Lipinski definition) is 3. The van der Waals surface area contributed by atoms with Crippen LogP contribution < -0.4 is 11.1 Å². The fraction of sp³-hybridized carbons (Fsp3) is 0.600. The van der Waals surface area contributed by atoms with Crippen molar-refractivity contribution >= 4 is 11.9 Å². The number of carboxylic acid groups (broad SMARTS) is 1. The molecule has 1 fully saturated rings. The maximum Gasteiger partial charge on any atom is 0.310 e. The molecule has 56 valence electrons. The number of amides is 1. The zero-order valence-corrected chi connectivity index (χ0v) is 5.20. The first-order valence-corrected chi connectivity index (χ1v) is 2.89. The van der Waals surface area contributed by atoms with E-state index in [1.54, 1.807) is 0 Å². The van der Waals surface area contributed by atoms with Crippen LogP contribution in [0.2, 0.25) is 0 Å². The largest absolute Gasteiger partial charge is 0.481 e. The molecule has 0 saturated carbocycles. The lowest BCUT2D eigenvalue weighted by Gasteiger charge is -2.04. The second-order valence-electron chi connectivity index (χ2n) is 2.22. The molecule has 1 rings (SSSR count). The summed E-state index contributed by atoms with van der Waals surface area (Å²) in [5, 5.41) is 10.8. The topological polar surface area (TPSA) is 92.4 Å². The molecule has 0 radical (unpaired) electrons. The van der Waals surface area contributed by atoms with Gasteiger partial charge in [-0.1, -0.05) is 0 Å². The van der Waals surface area contributed by atoms with Crippen LogP contribution >= 0.6 is 0 Å². The summed E-state index contributed by atoms with van der Waals surface area (Å²) in [6.45, 7) is 0.148. The Balaban J connectivity index is 2.66. The zero-order chi connectivity index (χ0) is 7.72. The van der Waals surface area contributed by atoms with Crippen molar-refractivity contribution < 1.29 is 14.7 Å². The van der Waals surface area contributed by atoms with E-state index >= 15 is 0 Å². The fourth-order valence-corrected chi connectivity index (χ4v) is 0.879. The van der Waals surface area contributed by atoms with Crippen LogP contribution in [0.5, 0.6) is 0 Å². The first kappa shape index (κ1) is 7.01. The predicted molar refractivity (Wildman–Crippen MR) is 32.1 cm³/mol. The van der Waals surface area contributed by atoms with Crippen molar-refractivity contribution in [3.63, 3.8) is 0 Å². The van der Waals surface area contributed by atoms with Crippen molar-refractivity contribution in [1.29, 1.82) is 0 Å². The highest BCUT2D eigenvalue weighted by Crippen LogP contribution is 2.06. The van der Waals surface area contributed by atoms with E-state index in [0.29, 0.717) is 0 Å². The Morgan fingerprint density at radius 1 is 1.80 bits per heavy atom. The lowest BCUT2D eigenvalue weighted by molar-refractivity contribution is -0.142. The molecule has 1 saturated heterocycles. The lowest BCUT2D eigenvalue weighted by Crippen LogP contribution is -2.37. The molecular formula is C5H8N2O3. The molecule has 0 aromatic rings. The Bertz CT molecular complexity index is 180. The van der Waals surface area contributed by atoms with Crippen molar-refractivity contribution in [2.75, 3.05) is 6.54 Å². The van der Waals surface area contributed by atoms with Gasteiger partial charge < -0.3 is 16.2 Å². The van der Waals surface area contributed by atoms with E-state index < -0.39 is 17.9 Å². The van der Waals surface area contributed by atoms with Crippen LogP contribution in [0.3, 0.4) is 0 Å². The minimum atomic E-state index is -1.02. The van der Waals surface area contributed by atoms with Crippen LogP contribution in [0.15, 0.2) is 0 Å². The summed E-state index contributed by atoms with van der Waals surface area (Å²) in [6.07, 6.45) is 0. The van der Waals surface area contributed by atoms with Gasteiger partial charge in [-0.3, -0.25) is 9.59 Å². The van der Waals surface area contributed by atoms with Crippen LogP contribution in [0.4, 0.5) is 0 Å². The Hall–Kier alpha value is -1.10. The molecular weight excluding hydrogens is 136 g/mol. The molecule has 1 amide bonds. The Labute approximate surface area is 57.2 Å². The maximum absolute atomic E-state index is 10.6. The average molecular weight is 144 g/mol. The summed E-state index contributed by atoms with van der Waals surface area (Å²) in [5.74, 6) is -2.16. The molecule has 10 heavy (non-hydrogen) atoms. The number of nitrogens with two attached hydrogens (primary N) is 1. The molecule has 2 atom stereocenters. The van der Waals surface area contributed by atoms with Crippen LogP contribution in [-0.2, 0) is 9.59 Å². The summed E-state index contributed by atoms with van der Waals surface area (Å²) in [5.41, 5.74) is 5.23. The van der Waals surface area contributed by atoms with Crippen molar-refractivity contribution in [1.82, 2.24) is 5.32 Å². The molecule has 0 spiro atoms. The van der Waals surface area contributed by atoms with E-state index in [0.717, 1.165) is 0 Å². The number of rotatable bonds is 1. The summed E-state index contributed by atoms with van der Waals surface area (Å²) in [6, 6.07) is -0.877. The number of carboxylic acids is 1. The highest BCUT2D eigenvalue weighted by molar-refractivity contribution is 5.90. The van der Waals surface area contributed by atoms with Crippen LogP contribution in [0.1, 0.15) is 0 Å². The van der Waals surface area contributed by atoms with Crippen LogP contribution in [0.25, 0.3) is 0 Å². The molecule has 0 aromatic carbocycles. The number of carbonyl (C=O) groups is 2. The average Bonchev–Trinajstić information content (AvgIpc) is 2.14. The molecule has 0 unspecified atom stereocenters. The van der Waals surface area contributed by atoms with Crippen LogP contribution in [-0.4, -0.2) is 29.6 Å². The van der Waals surface area contributed by atoms with Gasteiger partial charge in [0.15, 0.2) is 0 Å². The van der Waals surface area contributed by atoms with E-state index in [1.807, 2.05) is 0 Å². The van der Waals surface area contributed by atoms with E-state index in [1.165, 1.54) is 0 Å². The quantitative estimate of drug-likeness (QED) is 0.402. The number of aliphatic carboxylic acids is 1. The van der Waals surface area contributed by atoms with Crippen molar-refractivity contribution in [2.24, 2.45) is 11.7 Å². The third kappa shape index (κ3) is 0.950. The monoisotopic (exact) mass is 144 g/mol. The third-order valence-corrected chi connectivity index (χ3v) is 1.55. The first-order chi connectivity index (χ1) is 4.63. The van der Waals surface area contributed by atoms with Gasteiger partial charge in [0.05, 0.1) is 12.0 Å². The molecule has 0 bridgehead atoms. The molecule has 0 aliphatic carbocycles. The van der Waals surface area contributed by atoms with Gasteiger partial charge in [-0.15, -0.1) is 0 Å². The maximum atomic E-state index is 10.6.